The summed E-state index contributed by atoms with van der Waals surface area (Å²) in [6.07, 6.45) is 1.67. The molecule has 57 valence electrons. The maximum absolute atomic E-state index is 10.2. The number of halogens is 1. The van der Waals surface area contributed by atoms with Crippen molar-refractivity contribution in [1.29, 1.82) is 0 Å². The fourth-order valence-electron chi connectivity index (χ4n) is 0.658. The summed E-state index contributed by atoms with van der Waals surface area (Å²) in [4.78, 5) is 14.6. The summed E-state index contributed by atoms with van der Waals surface area (Å²) in [5, 5.41) is 0. The summed E-state index contributed by atoms with van der Waals surface area (Å²) in [6.45, 7) is 0. The Hall–Kier alpha value is -1.06. The Bertz CT molecular complexity index is 249. The zero-order chi connectivity index (χ0) is 8.10. The fourth-order valence-corrected chi connectivity index (χ4v) is 0.725. The maximum atomic E-state index is 10.2. The van der Waals surface area contributed by atoms with Crippen LogP contribution in [0.4, 0.5) is 0 Å². The molecule has 0 N–H and O–H groups in total. The van der Waals surface area contributed by atoms with Gasteiger partial charge < -0.3 is 4.89 Å². The van der Waals surface area contributed by atoms with Gasteiger partial charge in [0.1, 0.15) is 11.9 Å². The SMILES string of the molecule is O=[C]c1ccccc1OOCl. The van der Waals surface area contributed by atoms with Gasteiger partial charge in [0, 0.05) is 0 Å². The van der Waals surface area contributed by atoms with Crippen molar-refractivity contribution in [3.63, 3.8) is 0 Å². The molecule has 1 rings (SSSR count). The molecule has 11 heavy (non-hydrogen) atoms. The molecule has 0 heterocycles. The zero-order valence-electron chi connectivity index (χ0n) is 5.41. The summed E-state index contributed by atoms with van der Waals surface area (Å²) < 4.78 is 3.86. The second-order valence-corrected chi connectivity index (χ2v) is 1.87. The molecule has 0 aromatic heterocycles. The third kappa shape index (κ3) is 1.93. The molecule has 0 saturated carbocycles. The van der Waals surface area contributed by atoms with Gasteiger partial charge >= 0.3 is 0 Å². The molecule has 0 aliphatic heterocycles. The molecule has 1 radical (unpaired) electrons. The van der Waals surface area contributed by atoms with Gasteiger partial charge in [-0.1, -0.05) is 16.6 Å². The van der Waals surface area contributed by atoms with Crippen molar-refractivity contribution in [2.45, 2.75) is 0 Å². The van der Waals surface area contributed by atoms with E-state index in [1.54, 1.807) is 24.5 Å². The highest BCUT2D eigenvalue weighted by atomic mass is 35.5. The van der Waals surface area contributed by atoms with Gasteiger partial charge in [-0.15, -0.1) is 0 Å². The average Bonchev–Trinajstić information content (AvgIpc) is 2.06. The molecule has 0 aliphatic rings. The van der Waals surface area contributed by atoms with Crippen LogP contribution in [0.2, 0.25) is 0 Å². The molecule has 0 unspecified atom stereocenters. The van der Waals surface area contributed by atoms with Gasteiger partial charge in [0.2, 0.25) is 6.29 Å². The lowest BCUT2D eigenvalue weighted by atomic mass is 10.2. The minimum atomic E-state index is 0.248. The summed E-state index contributed by atoms with van der Waals surface area (Å²) in [5.41, 5.74) is 0.271. The Morgan fingerprint density at radius 1 is 1.36 bits per heavy atom. The van der Waals surface area contributed by atoms with Crippen molar-refractivity contribution in [3.8, 4) is 5.75 Å². The van der Waals surface area contributed by atoms with E-state index in [-0.39, 0.29) is 11.3 Å². The highest BCUT2D eigenvalue weighted by Gasteiger charge is 2.01. The van der Waals surface area contributed by atoms with E-state index in [2.05, 4.69) is 9.33 Å². The Morgan fingerprint density at radius 2 is 2.09 bits per heavy atom. The van der Waals surface area contributed by atoms with E-state index in [0.29, 0.717) is 0 Å². The number of para-hydroxylation sites is 1. The van der Waals surface area contributed by atoms with Crippen LogP contribution in [0, 0.1) is 0 Å². The van der Waals surface area contributed by atoms with Crippen molar-refractivity contribution in [2.75, 3.05) is 0 Å². The van der Waals surface area contributed by atoms with Crippen molar-refractivity contribution in [3.05, 3.63) is 29.8 Å². The van der Waals surface area contributed by atoms with Gasteiger partial charge in [-0.2, -0.15) is 0 Å². The minimum Gasteiger partial charge on any atom is -0.319 e. The zero-order valence-corrected chi connectivity index (χ0v) is 6.17. The van der Waals surface area contributed by atoms with Crippen LogP contribution in [0.25, 0.3) is 0 Å². The first-order valence-electron chi connectivity index (χ1n) is 2.81. The molecule has 0 bridgehead atoms. The Balaban J connectivity index is 2.92. The van der Waals surface area contributed by atoms with E-state index in [9.17, 15) is 4.79 Å². The van der Waals surface area contributed by atoms with E-state index in [0.717, 1.165) is 0 Å². The molecule has 0 aliphatic carbocycles. The van der Waals surface area contributed by atoms with Crippen LogP contribution in [0.5, 0.6) is 5.75 Å². The molecular weight excluding hydrogens is 168 g/mol. The topological polar surface area (TPSA) is 35.5 Å². The van der Waals surface area contributed by atoms with Gasteiger partial charge in [-0.05, 0) is 12.1 Å². The lowest BCUT2D eigenvalue weighted by Crippen LogP contribution is -1.91. The molecule has 4 heteroatoms. The largest absolute Gasteiger partial charge is 0.319 e. The summed E-state index contributed by atoms with van der Waals surface area (Å²) in [6, 6.07) is 6.45. The van der Waals surface area contributed by atoms with Crippen LogP contribution in [0.1, 0.15) is 5.56 Å². The Morgan fingerprint density at radius 3 is 2.73 bits per heavy atom. The van der Waals surface area contributed by atoms with E-state index < -0.39 is 0 Å². The maximum Gasteiger partial charge on any atom is 0.237 e. The fraction of sp³-hybridized carbons (Fsp3) is 0. The smallest absolute Gasteiger partial charge is 0.237 e. The molecule has 3 nitrogen and oxygen atoms in total. The van der Waals surface area contributed by atoms with Gasteiger partial charge in [0.25, 0.3) is 0 Å². The van der Waals surface area contributed by atoms with Gasteiger partial charge in [0.15, 0.2) is 5.75 Å². The molecule has 0 atom stereocenters. The van der Waals surface area contributed by atoms with E-state index in [4.69, 9.17) is 11.9 Å². The number of hydrogen-bond donors (Lipinski definition) is 0. The quantitative estimate of drug-likeness (QED) is 0.512. The molecular formula is C7H4ClO3. The number of rotatable bonds is 3. The first-order valence-corrected chi connectivity index (χ1v) is 3.12. The van der Waals surface area contributed by atoms with Crippen LogP contribution < -0.4 is 4.89 Å². The van der Waals surface area contributed by atoms with Gasteiger partial charge in [-0.25, -0.2) is 0 Å². The lowest BCUT2D eigenvalue weighted by molar-refractivity contribution is -0.0920. The predicted octanol–water partition coefficient (Wildman–Crippen LogP) is 1.61. The number of hydrogen-bond acceptors (Lipinski definition) is 3. The van der Waals surface area contributed by atoms with Crippen LogP contribution in [0.3, 0.4) is 0 Å². The highest BCUT2D eigenvalue weighted by Crippen LogP contribution is 2.15. The van der Waals surface area contributed by atoms with E-state index in [1.165, 1.54) is 6.07 Å². The van der Waals surface area contributed by atoms with Crippen LogP contribution in [-0.2, 0) is 9.23 Å². The average molecular weight is 172 g/mol. The predicted molar refractivity (Wildman–Crippen MR) is 38.8 cm³/mol. The van der Waals surface area contributed by atoms with Crippen molar-refractivity contribution >= 4 is 18.2 Å². The lowest BCUT2D eigenvalue weighted by Gasteiger charge is -1.98. The standard InChI is InChI=1S/C7H4ClO3/c8-11-10-7-4-2-1-3-6(7)5-9/h1-4H. The van der Waals surface area contributed by atoms with Crippen molar-refractivity contribution in [1.82, 2.24) is 0 Å². The molecule has 0 saturated heterocycles. The second-order valence-electron chi connectivity index (χ2n) is 1.74. The van der Waals surface area contributed by atoms with Crippen LogP contribution in [0.15, 0.2) is 24.3 Å². The Kier molecular flexibility index (Phi) is 2.89. The first kappa shape index (κ1) is 8.04. The molecule has 0 amide bonds. The third-order valence-corrected chi connectivity index (χ3v) is 1.18. The third-order valence-electron chi connectivity index (χ3n) is 1.12. The normalized spacial score (nSPS) is 9.18. The molecule has 0 fully saturated rings. The molecule has 1 aromatic carbocycles. The number of benzene rings is 1. The number of carbonyl (C=O) groups excluding carboxylic acids is 1. The first-order chi connectivity index (χ1) is 5.38. The molecule has 1 aromatic rings. The van der Waals surface area contributed by atoms with Crippen molar-refractivity contribution in [2.24, 2.45) is 0 Å². The van der Waals surface area contributed by atoms with Gasteiger partial charge in [-0.3, -0.25) is 4.79 Å². The van der Waals surface area contributed by atoms with Crippen molar-refractivity contribution < 1.29 is 14.1 Å². The minimum absolute atomic E-state index is 0.248. The monoisotopic (exact) mass is 171 g/mol. The van der Waals surface area contributed by atoms with Crippen LogP contribution in [-0.4, -0.2) is 6.29 Å². The highest BCUT2D eigenvalue weighted by molar-refractivity contribution is 6.06. The van der Waals surface area contributed by atoms with E-state index in [1.807, 2.05) is 0 Å². The van der Waals surface area contributed by atoms with Gasteiger partial charge in [0.05, 0.1) is 5.56 Å². The summed E-state index contributed by atoms with van der Waals surface area (Å²) in [7, 11) is 0. The Labute approximate surface area is 68.6 Å². The second kappa shape index (κ2) is 3.95. The van der Waals surface area contributed by atoms with Crippen LogP contribution >= 0.6 is 11.9 Å². The summed E-state index contributed by atoms with van der Waals surface area (Å²) in [5.74, 6) is 0.248. The molecule has 0 spiro atoms. The summed E-state index contributed by atoms with van der Waals surface area (Å²) >= 11 is 4.81. The van der Waals surface area contributed by atoms with E-state index >= 15 is 0 Å².